The van der Waals surface area contributed by atoms with Gasteiger partial charge in [-0.3, -0.25) is 0 Å². The van der Waals surface area contributed by atoms with Gasteiger partial charge in [0.1, 0.15) is 0 Å². The lowest BCUT2D eigenvalue weighted by atomic mass is 10.0. The van der Waals surface area contributed by atoms with Gasteiger partial charge in [0.2, 0.25) is 0 Å². The summed E-state index contributed by atoms with van der Waals surface area (Å²) in [5, 5.41) is 0.498. The number of benzene rings is 1. The zero-order valence-electron chi connectivity index (χ0n) is 8.81. The van der Waals surface area contributed by atoms with Gasteiger partial charge in [-0.05, 0) is 36.6 Å². The second-order valence-corrected chi connectivity index (χ2v) is 4.26. The van der Waals surface area contributed by atoms with Crippen LogP contribution in [0.3, 0.4) is 0 Å². The quantitative estimate of drug-likeness (QED) is 0.864. The Hall–Kier alpha value is -0.740. The molecule has 0 radical (unpaired) electrons. The van der Waals surface area contributed by atoms with Crippen LogP contribution in [0.2, 0.25) is 5.02 Å². The highest BCUT2D eigenvalue weighted by Gasteiger charge is 2.27. The van der Waals surface area contributed by atoms with E-state index in [-0.39, 0.29) is 6.42 Å². The SMILES string of the molecule is Cc1cc(Cl)cc(C(N)CCC(F)(F)F)c1. The number of halogens is 4. The number of hydrogen-bond donors (Lipinski definition) is 1. The summed E-state index contributed by atoms with van der Waals surface area (Å²) < 4.78 is 36.0. The first-order valence-corrected chi connectivity index (χ1v) is 5.25. The Balaban J connectivity index is 2.69. The summed E-state index contributed by atoms with van der Waals surface area (Å²) in [5.41, 5.74) is 7.22. The first-order valence-electron chi connectivity index (χ1n) is 4.87. The molecule has 16 heavy (non-hydrogen) atoms. The van der Waals surface area contributed by atoms with Crippen LogP contribution in [0.15, 0.2) is 18.2 Å². The molecule has 0 bridgehead atoms. The molecule has 0 saturated carbocycles. The highest BCUT2D eigenvalue weighted by Crippen LogP contribution is 2.27. The smallest absolute Gasteiger partial charge is 0.324 e. The molecular weight excluding hydrogens is 239 g/mol. The van der Waals surface area contributed by atoms with Gasteiger partial charge in [0.05, 0.1) is 0 Å². The first kappa shape index (κ1) is 13.3. The van der Waals surface area contributed by atoms with Gasteiger partial charge >= 0.3 is 6.18 Å². The van der Waals surface area contributed by atoms with E-state index < -0.39 is 18.6 Å². The van der Waals surface area contributed by atoms with Gasteiger partial charge in [0.15, 0.2) is 0 Å². The third kappa shape index (κ3) is 4.41. The second kappa shape index (κ2) is 5.06. The van der Waals surface area contributed by atoms with E-state index in [2.05, 4.69) is 0 Å². The van der Waals surface area contributed by atoms with E-state index in [4.69, 9.17) is 17.3 Å². The van der Waals surface area contributed by atoms with Crippen molar-refractivity contribution >= 4 is 11.6 Å². The number of hydrogen-bond acceptors (Lipinski definition) is 1. The predicted octanol–water partition coefficient (Wildman–Crippen LogP) is 3.99. The molecule has 0 heterocycles. The highest BCUT2D eigenvalue weighted by molar-refractivity contribution is 6.30. The molecule has 0 spiro atoms. The molecule has 1 atom stereocenters. The van der Waals surface area contributed by atoms with E-state index in [1.165, 1.54) is 0 Å². The van der Waals surface area contributed by atoms with Gasteiger partial charge in [-0.2, -0.15) is 13.2 Å². The van der Waals surface area contributed by atoms with Gasteiger partial charge in [-0.25, -0.2) is 0 Å². The van der Waals surface area contributed by atoms with Crippen molar-refractivity contribution in [3.05, 3.63) is 34.3 Å². The molecule has 1 unspecified atom stereocenters. The van der Waals surface area contributed by atoms with Crippen molar-refractivity contribution in [2.75, 3.05) is 0 Å². The summed E-state index contributed by atoms with van der Waals surface area (Å²) in [6.07, 6.45) is -5.16. The molecule has 0 saturated heterocycles. The van der Waals surface area contributed by atoms with Gasteiger partial charge in [0, 0.05) is 17.5 Å². The summed E-state index contributed by atoms with van der Waals surface area (Å²) in [6, 6.07) is 4.48. The molecule has 1 nitrogen and oxygen atoms in total. The molecule has 0 aliphatic rings. The monoisotopic (exact) mass is 251 g/mol. The van der Waals surface area contributed by atoms with Crippen molar-refractivity contribution in [1.29, 1.82) is 0 Å². The summed E-state index contributed by atoms with van der Waals surface area (Å²) in [6.45, 7) is 1.83. The Bertz CT molecular complexity index is 342. The number of nitrogens with two attached hydrogens (primary N) is 1. The van der Waals surface area contributed by atoms with Crippen LogP contribution < -0.4 is 5.73 Å². The summed E-state index contributed by atoms with van der Waals surface area (Å²) in [7, 11) is 0. The molecule has 1 aromatic rings. The van der Waals surface area contributed by atoms with E-state index >= 15 is 0 Å². The standard InChI is InChI=1S/C11H13ClF3N/c1-7-4-8(6-9(12)5-7)10(16)2-3-11(13,14)15/h4-6,10H,2-3,16H2,1H3. The molecule has 1 aromatic carbocycles. The Morgan fingerprint density at radius 3 is 2.44 bits per heavy atom. The first-order chi connectivity index (χ1) is 7.28. The van der Waals surface area contributed by atoms with Gasteiger partial charge in [-0.15, -0.1) is 0 Å². The van der Waals surface area contributed by atoms with E-state index in [1.54, 1.807) is 18.2 Å². The van der Waals surface area contributed by atoms with Gasteiger partial charge < -0.3 is 5.73 Å². The molecule has 2 N–H and O–H groups in total. The highest BCUT2D eigenvalue weighted by atomic mass is 35.5. The minimum atomic E-state index is -4.16. The van der Waals surface area contributed by atoms with E-state index in [9.17, 15) is 13.2 Å². The molecule has 0 amide bonds. The van der Waals surface area contributed by atoms with Crippen molar-refractivity contribution < 1.29 is 13.2 Å². The van der Waals surface area contributed by atoms with Crippen molar-refractivity contribution in [3.8, 4) is 0 Å². The van der Waals surface area contributed by atoms with Gasteiger partial charge in [-0.1, -0.05) is 17.7 Å². The minimum Gasteiger partial charge on any atom is -0.324 e. The van der Waals surface area contributed by atoms with Crippen molar-refractivity contribution in [2.24, 2.45) is 5.73 Å². The van der Waals surface area contributed by atoms with E-state index in [0.717, 1.165) is 5.56 Å². The average molecular weight is 252 g/mol. The lowest BCUT2D eigenvalue weighted by molar-refractivity contribution is -0.136. The summed E-state index contributed by atoms with van der Waals surface area (Å²) >= 11 is 5.81. The number of alkyl halides is 3. The molecule has 5 heteroatoms. The number of aryl methyl sites for hydroxylation is 1. The fraction of sp³-hybridized carbons (Fsp3) is 0.455. The topological polar surface area (TPSA) is 26.0 Å². The fourth-order valence-corrected chi connectivity index (χ4v) is 1.76. The van der Waals surface area contributed by atoms with E-state index in [1.807, 2.05) is 6.92 Å². The van der Waals surface area contributed by atoms with Gasteiger partial charge in [0.25, 0.3) is 0 Å². The van der Waals surface area contributed by atoms with Crippen LogP contribution in [0.1, 0.15) is 30.0 Å². The van der Waals surface area contributed by atoms with Crippen LogP contribution in [0.25, 0.3) is 0 Å². The fourth-order valence-electron chi connectivity index (χ4n) is 1.46. The molecule has 0 aliphatic heterocycles. The normalized spacial score (nSPS) is 13.9. The molecule has 0 aliphatic carbocycles. The van der Waals surface area contributed by atoms with Crippen LogP contribution in [0.5, 0.6) is 0 Å². The second-order valence-electron chi connectivity index (χ2n) is 3.82. The van der Waals surface area contributed by atoms with Crippen LogP contribution in [0, 0.1) is 6.92 Å². The Labute approximate surface area is 97.4 Å². The Kier molecular flexibility index (Phi) is 4.21. The molecule has 1 rings (SSSR count). The zero-order valence-corrected chi connectivity index (χ0v) is 9.57. The molecule has 90 valence electrons. The Morgan fingerprint density at radius 1 is 1.31 bits per heavy atom. The molecule has 0 aromatic heterocycles. The lowest BCUT2D eigenvalue weighted by Crippen LogP contribution is -2.15. The molecular formula is C11H13ClF3N. The van der Waals surface area contributed by atoms with Crippen molar-refractivity contribution in [1.82, 2.24) is 0 Å². The number of rotatable bonds is 3. The van der Waals surface area contributed by atoms with Crippen molar-refractivity contribution in [3.63, 3.8) is 0 Å². The van der Waals surface area contributed by atoms with Crippen LogP contribution in [-0.4, -0.2) is 6.18 Å². The third-order valence-corrected chi connectivity index (χ3v) is 2.45. The molecule has 0 fully saturated rings. The minimum absolute atomic E-state index is 0.122. The predicted molar refractivity (Wildman–Crippen MR) is 58.4 cm³/mol. The van der Waals surface area contributed by atoms with Crippen LogP contribution >= 0.6 is 11.6 Å². The van der Waals surface area contributed by atoms with Crippen molar-refractivity contribution in [2.45, 2.75) is 32.0 Å². The van der Waals surface area contributed by atoms with Crippen LogP contribution in [0.4, 0.5) is 13.2 Å². The summed E-state index contributed by atoms with van der Waals surface area (Å²) in [5.74, 6) is 0. The van der Waals surface area contributed by atoms with Crippen LogP contribution in [-0.2, 0) is 0 Å². The largest absolute Gasteiger partial charge is 0.389 e. The third-order valence-electron chi connectivity index (χ3n) is 2.23. The van der Waals surface area contributed by atoms with E-state index in [0.29, 0.717) is 10.6 Å². The maximum absolute atomic E-state index is 12.0. The average Bonchev–Trinajstić information content (AvgIpc) is 2.11. The summed E-state index contributed by atoms with van der Waals surface area (Å²) in [4.78, 5) is 0. The zero-order chi connectivity index (χ0) is 12.3. The lowest BCUT2D eigenvalue weighted by Gasteiger charge is -2.14. The maximum atomic E-state index is 12.0. The maximum Gasteiger partial charge on any atom is 0.389 e. The Morgan fingerprint density at radius 2 is 1.94 bits per heavy atom.